The van der Waals surface area contributed by atoms with Crippen LogP contribution in [0.3, 0.4) is 0 Å². The molecule has 0 fully saturated rings. The van der Waals surface area contributed by atoms with E-state index in [4.69, 9.17) is 8.83 Å². The minimum Gasteiger partial charge on any atom is -0.467 e. The van der Waals surface area contributed by atoms with Crippen LogP contribution in [0.25, 0.3) is 10.8 Å². The minimum atomic E-state index is -3.86. The quantitative estimate of drug-likeness (QED) is 0.421. The summed E-state index contributed by atoms with van der Waals surface area (Å²) in [6, 6.07) is 13.6. The molecule has 6 nitrogen and oxygen atoms in total. The van der Waals surface area contributed by atoms with Gasteiger partial charge in [0, 0.05) is 4.47 Å². The van der Waals surface area contributed by atoms with Crippen LogP contribution in [0.4, 0.5) is 5.88 Å². The van der Waals surface area contributed by atoms with Crippen molar-refractivity contribution in [3.63, 3.8) is 0 Å². The maximum absolute atomic E-state index is 13.1. The van der Waals surface area contributed by atoms with Crippen molar-refractivity contribution in [3.8, 4) is 10.8 Å². The average molecular weight is 465 g/mol. The zero-order valence-electron chi connectivity index (χ0n) is 13.8. The summed E-state index contributed by atoms with van der Waals surface area (Å²) in [5.41, 5.74) is 0. The lowest BCUT2D eigenvalue weighted by Gasteiger charge is -2.05. The molecular weight excluding hydrogens is 452 g/mol. The second-order valence-corrected chi connectivity index (χ2v) is 9.25. The van der Waals surface area contributed by atoms with Gasteiger partial charge in [0.2, 0.25) is 26.6 Å². The maximum Gasteiger partial charge on any atom is 0.240 e. The van der Waals surface area contributed by atoms with Crippen molar-refractivity contribution in [2.75, 3.05) is 5.32 Å². The van der Waals surface area contributed by atoms with Crippen LogP contribution in [0.5, 0.6) is 0 Å². The van der Waals surface area contributed by atoms with Crippen molar-refractivity contribution in [1.29, 1.82) is 0 Å². The molecule has 1 N–H and O–H groups in total. The van der Waals surface area contributed by atoms with Crippen molar-refractivity contribution < 1.29 is 17.3 Å². The Morgan fingerprint density at radius 1 is 1.11 bits per heavy atom. The lowest BCUT2D eigenvalue weighted by molar-refractivity contribution is 0.511. The van der Waals surface area contributed by atoms with E-state index in [2.05, 4.69) is 26.2 Å². The van der Waals surface area contributed by atoms with Gasteiger partial charge in [0.05, 0.1) is 22.6 Å². The Kier molecular flexibility index (Phi) is 4.90. The van der Waals surface area contributed by atoms with Crippen LogP contribution in [-0.4, -0.2) is 13.4 Å². The summed E-state index contributed by atoms with van der Waals surface area (Å²) in [5.74, 6) is 0.983. The van der Waals surface area contributed by atoms with E-state index in [0.29, 0.717) is 5.76 Å². The van der Waals surface area contributed by atoms with Gasteiger partial charge in [-0.15, -0.1) is 11.3 Å². The van der Waals surface area contributed by atoms with E-state index in [9.17, 15) is 8.42 Å². The van der Waals surface area contributed by atoms with Crippen molar-refractivity contribution in [1.82, 2.24) is 4.98 Å². The predicted octanol–water partition coefficient (Wildman–Crippen LogP) is 5.20. The Labute approximate surface area is 167 Å². The fourth-order valence-corrected chi connectivity index (χ4v) is 4.60. The Balaban J connectivity index is 1.76. The van der Waals surface area contributed by atoms with Crippen molar-refractivity contribution in [2.24, 2.45) is 0 Å². The monoisotopic (exact) mass is 464 g/mol. The molecule has 0 aliphatic heterocycles. The van der Waals surface area contributed by atoms with Gasteiger partial charge in [-0.3, -0.25) is 0 Å². The highest BCUT2D eigenvalue weighted by molar-refractivity contribution is 9.10. The van der Waals surface area contributed by atoms with Gasteiger partial charge in [-0.25, -0.2) is 8.42 Å². The molecule has 1 aromatic carbocycles. The van der Waals surface area contributed by atoms with Gasteiger partial charge in [-0.1, -0.05) is 22.0 Å². The molecule has 0 saturated carbocycles. The number of halogens is 1. The summed E-state index contributed by atoms with van der Waals surface area (Å²) in [7, 11) is -3.86. The summed E-state index contributed by atoms with van der Waals surface area (Å²) >= 11 is 4.73. The van der Waals surface area contributed by atoms with E-state index >= 15 is 0 Å². The number of sulfone groups is 1. The third-order valence-corrected chi connectivity index (χ3v) is 6.77. The van der Waals surface area contributed by atoms with Gasteiger partial charge >= 0.3 is 0 Å². The molecule has 0 unspecified atom stereocenters. The van der Waals surface area contributed by atoms with Crippen LogP contribution >= 0.6 is 27.3 Å². The first kappa shape index (κ1) is 18.0. The van der Waals surface area contributed by atoms with Crippen LogP contribution in [0.2, 0.25) is 0 Å². The highest BCUT2D eigenvalue weighted by Crippen LogP contribution is 2.34. The second kappa shape index (κ2) is 7.34. The molecule has 0 bridgehead atoms. The van der Waals surface area contributed by atoms with Crippen molar-refractivity contribution >= 4 is 43.0 Å². The van der Waals surface area contributed by atoms with Gasteiger partial charge < -0.3 is 14.2 Å². The minimum absolute atomic E-state index is 0.0812. The standard InChI is InChI=1S/C18H13BrN2O4S2/c19-12-5-7-14(8-6-12)27(22,23)18-17(20-11-13-3-1-9-24-13)25-16(21-18)15-4-2-10-26-15/h1-10,20H,11H2. The number of thiophene rings is 1. The Morgan fingerprint density at radius 3 is 2.59 bits per heavy atom. The molecule has 0 spiro atoms. The molecule has 9 heteroatoms. The summed E-state index contributed by atoms with van der Waals surface area (Å²) in [6.07, 6.45) is 1.55. The Morgan fingerprint density at radius 2 is 1.93 bits per heavy atom. The number of hydrogen-bond acceptors (Lipinski definition) is 7. The number of oxazole rings is 1. The van der Waals surface area contributed by atoms with Gasteiger partial charge in [0.1, 0.15) is 5.76 Å². The Bertz CT molecular complexity index is 1130. The van der Waals surface area contributed by atoms with E-state index in [1.165, 1.54) is 23.5 Å². The van der Waals surface area contributed by atoms with Crippen LogP contribution in [0, 0.1) is 0 Å². The number of nitrogens with one attached hydrogen (secondary N) is 1. The van der Waals surface area contributed by atoms with Gasteiger partial charge in [0.25, 0.3) is 0 Å². The lowest BCUT2D eigenvalue weighted by Crippen LogP contribution is -2.07. The zero-order chi connectivity index (χ0) is 18.9. The fourth-order valence-electron chi connectivity index (χ4n) is 2.41. The van der Waals surface area contributed by atoms with Crippen LogP contribution < -0.4 is 5.32 Å². The third kappa shape index (κ3) is 3.71. The maximum atomic E-state index is 13.1. The largest absolute Gasteiger partial charge is 0.467 e. The zero-order valence-corrected chi connectivity index (χ0v) is 17.0. The van der Waals surface area contributed by atoms with E-state index in [-0.39, 0.29) is 28.2 Å². The SMILES string of the molecule is O=S(=O)(c1ccc(Br)cc1)c1nc(-c2cccs2)oc1NCc1ccco1. The second-order valence-electron chi connectivity index (χ2n) is 5.52. The lowest BCUT2D eigenvalue weighted by atomic mass is 10.4. The fraction of sp³-hybridized carbons (Fsp3) is 0.0556. The summed E-state index contributed by atoms with van der Waals surface area (Å²) in [5, 5.41) is 4.70. The third-order valence-electron chi connectivity index (χ3n) is 3.71. The predicted molar refractivity (Wildman–Crippen MR) is 105 cm³/mol. The molecular formula is C18H13BrN2O4S2. The first-order valence-electron chi connectivity index (χ1n) is 7.85. The van der Waals surface area contributed by atoms with E-state index in [1.54, 1.807) is 30.5 Å². The number of aromatic nitrogens is 1. The number of hydrogen-bond donors (Lipinski definition) is 1. The van der Waals surface area contributed by atoms with E-state index in [0.717, 1.165) is 9.35 Å². The summed E-state index contributed by atoms with van der Waals surface area (Å²) in [6.45, 7) is 0.273. The molecule has 4 aromatic rings. The molecule has 0 aliphatic rings. The average Bonchev–Trinajstić information content (AvgIpc) is 3.40. The van der Waals surface area contributed by atoms with Gasteiger partial charge in [-0.2, -0.15) is 4.98 Å². The topological polar surface area (TPSA) is 85.3 Å². The molecule has 4 rings (SSSR count). The number of nitrogens with zero attached hydrogens (tertiary/aromatic N) is 1. The van der Waals surface area contributed by atoms with Crippen molar-refractivity contribution in [2.45, 2.75) is 16.5 Å². The van der Waals surface area contributed by atoms with E-state index < -0.39 is 9.84 Å². The molecule has 138 valence electrons. The number of rotatable bonds is 6. The molecule has 0 aliphatic carbocycles. The summed E-state index contributed by atoms with van der Waals surface area (Å²) in [4.78, 5) is 5.15. The van der Waals surface area contributed by atoms with Gasteiger partial charge in [0.15, 0.2) is 0 Å². The molecule has 27 heavy (non-hydrogen) atoms. The summed E-state index contributed by atoms with van der Waals surface area (Å²) < 4.78 is 38.0. The highest BCUT2D eigenvalue weighted by atomic mass is 79.9. The highest BCUT2D eigenvalue weighted by Gasteiger charge is 2.28. The molecule has 0 radical (unpaired) electrons. The number of anilines is 1. The molecule has 0 amide bonds. The van der Waals surface area contributed by atoms with E-state index in [1.807, 2.05) is 17.5 Å². The smallest absolute Gasteiger partial charge is 0.240 e. The van der Waals surface area contributed by atoms with Crippen LogP contribution in [0.15, 0.2) is 83.4 Å². The van der Waals surface area contributed by atoms with Crippen molar-refractivity contribution in [3.05, 3.63) is 70.4 Å². The molecule has 3 heterocycles. The number of furan rings is 1. The molecule has 0 saturated heterocycles. The first-order valence-corrected chi connectivity index (χ1v) is 11.0. The number of benzene rings is 1. The molecule has 3 aromatic heterocycles. The molecule has 0 atom stereocenters. The Hall–Kier alpha value is -2.36. The van der Waals surface area contributed by atoms with Gasteiger partial charge in [-0.05, 0) is 47.8 Å². The first-order chi connectivity index (χ1) is 13.0. The van der Waals surface area contributed by atoms with Crippen LogP contribution in [0.1, 0.15) is 5.76 Å². The normalized spacial score (nSPS) is 11.6. The van der Waals surface area contributed by atoms with Crippen LogP contribution in [-0.2, 0) is 16.4 Å².